The van der Waals surface area contributed by atoms with E-state index in [0.29, 0.717) is 6.04 Å². The number of aromatic nitrogens is 1. The lowest BCUT2D eigenvalue weighted by Gasteiger charge is -2.39. The SMILES string of the molecule is COCCN(Cc1cccc2cnccc12)CC1CCCN(C2Cc3ccccc3C2)C1. The molecule has 1 unspecified atom stereocenters. The molecule has 0 radical (unpaired) electrons. The molecule has 4 nitrogen and oxygen atoms in total. The quantitative estimate of drug-likeness (QED) is 0.525. The molecule has 0 N–H and O–H groups in total. The summed E-state index contributed by atoms with van der Waals surface area (Å²) in [6.07, 6.45) is 8.97. The Morgan fingerprint density at radius 1 is 1.06 bits per heavy atom. The van der Waals surface area contributed by atoms with Crippen LogP contribution < -0.4 is 0 Å². The van der Waals surface area contributed by atoms with E-state index in [1.165, 1.54) is 55.1 Å². The average molecular weight is 430 g/mol. The Balaban J connectivity index is 1.25. The summed E-state index contributed by atoms with van der Waals surface area (Å²) in [7, 11) is 1.81. The van der Waals surface area contributed by atoms with E-state index in [-0.39, 0.29) is 0 Å². The number of likely N-dealkylation sites (tertiary alicyclic amines) is 1. The van der Waals surface area contributed by atoms with Crippen molar-refractivity contribution in [3.63, 3.8) is 0 Å². The second-order valence-electron chi connectivity index (χ2n) is 9.58. The highest BCUT2D eigenvalue weighted by atomic mass is 16.5. The molecule has 1 aliphatic heterocycles. The smallest absolute Gasteiger partial charge is 0.0589 e. The van der Waals surface area contributed by atoms with Crippen LogP contribution in [0.2, 0.25) is 0 Å². The van der Waals surface area contributed by atoms with E-state index in [1.54, 1.807) is 11.1 Å². The van der Waals surface area contributed by atoms with Gasteiger partial charge in [0.2, 0.25) is 0 Å². The van der Waals surface area contributed by atoms with E-state index in [0.717, 1.165) is 32.2 Å². The Morgan fingerprint density at radius 2 is 1.91 bits per heavy atom. The number of hydrogen-bond donors (Lipinski definition) is 0. The zero-order valence-corrected chi connectivity index (χ0v) is 19.2. The summed E-state index contributed by atoms with van der Waals surface area (Å²) in [5.74, 6) is 0.723. The molecule has 2 heterocycles. The summed E-state index contributed by atoms with van der Waals surface area (Å²) < 4.78 is 5.46. The number of rotatable bonds is 8. The Hall–Kier alpha value is -2.27. The van der Waals surface area contributed by atoms with Crippen molar-refractivity contribution < 1.29 is 4.74 Å². The van der Waals surface area contributed by atoms with Gasteiger partial charge in [0, 0.05) is 57.1 Å². The Bertz CT molecular complexity index is 1010. The summed E-state index contributed by atoms with van der Waals surface area (Å²) in [6.45, 7) is 6.34. The predicted octanol–water partition coefficient (Wildman–Crippen LogP) is 4.56. The Morgan fingerprint density at radius 3 is 2.72 bits per heavy atom. The maximum Gasteiger partial charge on any atom is 0.0589 e. The highest BCUT2D eigenvalue weighted by Gasteiger charge is 2.31. The van der Waals surface area contributed by atoms with Gasteiger partial charge in [-0.3, -0.25) is 14.8 Å². The Labute approximate surface area is 192 Å². The maximum atomic E-state index is 5.46. The summed E-state index contributed by atoms with van der Waals surface area (Å²) >= 11 is 0. The lowest BCUT2D eigenvalue weighted by Crippen LogP contribution is -2.46. The van der Waals surface area contributed by atoms with E-state index in [1.807, 2.05) is 19.5 Å². The van der Waals surface area contributed by atoms with Gasteiger partial charge in [-0.25, -0.2) is 0 Å². The molecule has 5 rings (SSSR count). The molecule has 1 atom stereocenters. The number of methoxy groups -OCH3 is 1. The van der Waals surface area contributed by atoms with Crippen LogP contribution in [0.4, 0.5) is 0 Å². The van der Waals surface area contributed by atoms with E-state index in [4.69, 9.17) is 4.74 Å². The Kier molecular flexibility index (Phi) is 6.82. The first-order valence-corrected chi connectivity index (χ1v) is 12.1. The third-order valence-corrected chi connectivity index (χ3v) is 7.39. The summed E-state index contributed by atoms with van der Waals surface area (Å²) in [5.41, 5.74) is 4.51. The molecular weight excluding hydrogens is 394 g/mol. The van der Waals surface area contributed by atoms with Crippen LogP contribution in [0.5, 0.6) is 0 Å². The van der Waals surface area contributed by atoms with Crippen LogP contribution in [0.15, 0.2) is 60.9 Å². The molecule has 1 aliphatic carbocycles. The van der Waals surface area contributed by atoms with Crippen LogP contribution in [0.3, 0.4) is 0 Å². The summed E-state index contributed by atoms with van der Waals surface area (Å²) in [4.78, 5) is 9.69. The standard InChI is InChI=1S/C28H35N3O/c1-32-15-14-30(21-26-10-4-9-25-18-29-12-11-28(25)26)19-22-6-5-13-31(20-22)27-16-23-7-2-3-8-24(23)17-27/h2-4,7-12,18,22,27H,5-6,13-17,19-21H2,1H3. The van der Waals surface area contributed by atoms with Crippen molar-refractivity contribution in [3.05, 3.63) is 77.6 Å². The molecule has 1 fully saturated rings. The second-order valence-corrected chi connectivity index (χ2v) is 9.58. The number of pyridine rings is 1. The predicted molar refractivity (Wildman–Crippen MR) is 131 cm³/mol. The van der Waals surface area contributed by atoms with Gasteiger partial charge >= 0.3 is 0 Å². The third kappa shape index (κ3) is 4.88. The van der Waals surface area contributed by atoms with Crippen molar-refractivity contribution in [1.82, 2.24) is 14.8 Å². The summed E-state index contributed by atoms with van der Waals surface area (Å²) in [6, 6.07) is 18.5. The minimum absolute atomic E-state index is 0.688. The first-order chi connectivity index (χ1) is 15.8. The number of benzene rings is 2. The van der Waals surface area contributed by atoms with Gasteiger partial charge in [0.1, 0.15) is 0 Å². The molecule has 0 saturated carbocycles. The second kappa shape index (κ2) is 10.1. The highest BCUT2D eigenvalue weighted by molar-refractivity contribution is 5.84. The number of ether oxygens (including phenoxy) is 1. The number of piperidine rings is 1. The largest absolute Gasteiger partial charge is 0.383 e. The molecule has 1 aromatic heterocycles. The lowest BCUT2D eigenvalue weighted by molar-refractivity contribution is 0.0845. The van der Waals surface area contributed by atoms with Gasteiger partial charge in [-0.05, 0) is 66.3 Å². The van der Waals surface area contributed by atoms with Crippen molar-refractivity contribution in [2.45, 2.75) is 38.3 Å². The normalized spacial score (nSPS) is 19.6. The molecule has 1 saturated heterocycles. The lowest BCUT2D eigenvalue weighted by atomic mass is 9.95. The zero-order valence-electron chi connectivity index (χ0n) is 19.2. The topological polar surface area (TPSA) is 28.6 Å². The van der Waals surface area contributed by atoms with E-state index < -0.39 is 0 Å². The molecule has 0 spiro atoms. The van der Waals surface area contributed by atoms with Crippen LogP contribution >= 0.6 is 0 Å². The molecule has 2 aromatic carbocycles. The van der Waals surface area contributed by atoms with E-state index >= 15 is 0 Å². The first-order valence-electron chi connectivity index (χ1n) is 12.1. The highest BCUT2D eigenvalue weighted by Crippen LogP contribution is 2.29. The monoisotopic (exact) mass is 429 g/mol. The summed E-state index contributed by atoms with van der Waals surface area (Å²) in [5, 5.41) is 2.54. The fraction of sp³-hybridized carbons (Fsp3) is 0.464. The number of nitrogens with zero attached hydrogens (tertiary/aromatic N) is 3. The molecular formula is C28H35N3O. The molecule has 2 aliphatic rings. The third-order valence-electron chi connectivity index (χ3n) is 7.39. The van der Waals surface area contributed by atoms with Gasteiger partial charge in [-0.2, -0.15) is 0 Å². The fourth-order valence-electron chi connectivity index (χ4n) is 5.76. The zero-order chi connectivity index (χ0) is 21.8. The fourth-order valence-corrected chi connectivity index (χ4v) is 5.76. The average Bonchev–Trinajstić information content (AvgIpc) is 3.27. The van der Waals surface area contributed by atoms with Gasteiger partial charge in [0.25, 0.3) is 0 Å². The maximum absolute atomic E-state index is 5.46. The van der Waals surface area contributed by atoms with Crippen molar-refractivity contribution in [2.24, 2.45) is 5.92 Å². The molecule has 32 heavy (non-hydrogen) atoms. The van der Waals surface area contributed by atoms with Gasteiger partial charge in [-0.1, -0.05) is 42.5 Å². The molecule has 0 bridgehead atoms. The van der Waals surface area contributed by atoms with Crippen LogP contribution in [0.25, 0.3) is 10.8 Å². The van der Waals surface area contributed by atoms with E-state index in [2.05, 4.69) is 63.3 Å². The van der Waals surface area contributed by atoms with Crippen LogP contribution in [-0.2, 0) is 24.1 Å². The van der Waals surface area contributed by atoms with Gasteiger partial charge in [0.05, 0.1) is 6.61 Å². The van der Waals surface area contributed by atoms with Crippen molar-refractivity contribution in [1.29, 1.82) is 0 Å². The number of fused-ring (bicyclic) bond motifs is 2. The van der Waals surface area contributed by atoms with Crippen LogP contribution in [-0.4, -0.2) is 60.7 Å². The molecule has 3 aromatic rings. The van der Waals surface area contributed by atoms with Gasteiger partial charge in [-0.15, -0.1) is 0 Å². The molecule has 168 valence electrons. The number of hydrogen-bond acceptors (Lipinski definition) is 4. The first kappa shape index (κ1) is 21.6. The van der Waals surface area contributed by atoms with Crippen LogP contribution in [0.1, 0.15) is 29.5 Å². The van der Waals surface area contributed by atoms with Gasteiger partial charge < -0.3 is 4.74 Å². The molecule has 0 amide bonds. The minimum atomic E-state index is 0.688. The van der Waals surface area contributed by atoms with Crippen molar-refractivity contribution >= 4 is 10.8 Å². The van der Waals surface area contributed by atoms with Crippen LogP contribution in [0, 0.1) is 5.92 Å². The molecule has 4 heteroatoms. The van der Waals surface area contributed by atoms with Gasteiger partial charge in [0.15, 0.2) is 0 Å². The van der Waals surface area contributed by atoms with Crippen molar-refractivity contribution in [3.8, 4) is 0 Å². The van der Waals surface area contributed by atoms with E-state index in [9.17, 15) is 0 Å². The minimum Gasteiger partial charge on any atom is -0.383 e. The van der Waals surface area contributed by atoms with Crippen molar-refractivity contribution in [2.75, 3.05) is 39.9 Å².